The molecule has 0 aliphatic carbocycles. The molecule has 76 valence electrons. The van der Waals surface area contributed by atoms with Crippen LogP contribution in [0, 0.1) is 17.1 Å². The maximum absolute atomic E-state index is 13.1. The van der Waals surface area contributed by atoms with E-state index in [-0.39, 0.29) is 16.2 Å². The predicted octanol–water partition coefficient (Wildman–Crippen LogP) is 1.93. The minimum absolute atomic E-state index is 0.0265. The van der Waals surface area contributed by atoms with Crippen molar-refractivity contribution in [3.05, 3.63) is 41.9 Å². The zero-order chi connectivity index (χ0) is 11.3. The molecule has 0 aromatic heterocycles. The van der Waals surface area contributed by atoms with Gasteiger partial charge in [0.2, 0.25) is 0 Å². The fourth-order valence-corrected chi connectivity index (χ4v) is 0.991. The van der Waals surface area contributed by atoms with Crippen molar-refractivity contribution in [2.75, 3.05) is 5.32 Å². The Morgan fingerprint density at radius 2 is 2.20 bits per heavy atom. The number of benzene rings is 1. The van der Waals surface area contributed by atoms with E-state index in [0.29, 0.717) is 0 Å². The number of anilines is 1. The molecule has 1 rings (SSSR count). The van der Waals surface area contributed by atoms with E-state index < -0.39 is 5.82 Å². The van der Waals surface area contributed by atoms with Gasteiger partial charge in [-0.3, -0.25) is 0 Å². The predicted molar refractivity (Wildman–Crippen MR) is 60.5 cm³/mol. The number of nitrogens with zero attached hydrogens (tertiary/aromatic N) is 1. The minimum atomic E-state index is -0.408. The molecule has 0 unspecified atom stereocenters. The zero-order valence-corrected chi connectivity index (χ0v) is 8.51. The summed E-state index contributed by atoms with van der Waals surface area (Å²) in [4.78, 5) is -0.0265. The average molecular weight is 221 g/mol. The Morgan fingerprint density at radius 1 is 1.53 bits per heavy atom. The second-order valence-electron chi connectivity index (χ2n) is 2.66. The number of thiocarbonyl (C=S) groups is 1. The molecule has 0 atom stereocenters. The van der Waals surface area contributed by atoms with Crippen molar-refractivity contribution in [3.8, 4) is 6.07 Å². The lowest BCUT2D eigenvalue weighted by Gasteiger charge is -2.02. The van der Waals surface area contributed by atoms with Crippen molar-refractivity contribution in [1.29, 1.82) is 5.26 Å². The topological polar surface area (TPSA) is 61.8 Å². The van der Waals surface area contributed by atoms with E-state index in [1.165, 1.54) is 12.3 Å². The summed E-state index contributed by atoms with van der Waals surface area (Å²) in [5.74, 6) is -0.408. The SMILES string of the molecule is N#CC(=CNc1ccccc1F)C(N)=S. The molecule has 1 aromatic carbocycles. The highest BCUT2D eigenvalue weighted by Crippen LogP contribution is 2.12. The lowest BCUT2D eigenvalue weighted by molar-refractivity contribution is 0.632. The standard InChI is InChI=1S/C10H8FN3S/c11-8-3-1-2-4-9(8)14-6-7(5-12)10(13)15/h1-4,6,14H,(H2,13,15). The van der Waals surface area contributed by atoms with Gasteiger partial charge in [-0.2, -0.15) is 5.26 Å². The molecule has 1 aromatic rings. The Bertz CT molecular complexity index is 448. The Morgan fingerprint density at radius 3 is 2.73 bits per heavy atom. The van der Waals surface area contributed by atoms with Gasteiger partial charge in [0.25, 0.3) is 0 Å². The summed E-state index contributed by atoms with van der Waals surface area (Å²) in [7, 11) is 0. The van der Waals surface area contributed by atoms with Crippen LogP contribution in [-0.2, 0) is 0 Å². The third-order valence-electron chi connectivity index (χ3n) is 1.63. The van der Waals surface area contributed by atoms with Crippen LogP contribution in [0.5, 0.6) is 0 Å². The third kappa shape index (κ3) is 3.04. The van der Waals surface area contributed by atoms with Gasteiger partial charge in [0.1, 0.15) is 22.4 Å². The van der Waals surface area contributed by atoms with Gasteiger partial charge in [-0.1, -0.05) is 24.4 Å². The summed E-state index contributed by atoms with van der Waals surface area (Å²) in [6.45, 7) is 0. The number of nitrogens with two attached hydrogens (primary N) is 1. The highest BCUT2D eigenvalue weighted by molar-refractivity contribution is 7.80. The van der Waals surface area contributed by atoms with Gasteiger partial charge < -0.3 is 11.1 Å². The van der Waals surface area contributed by atoms with Crippen LogP contribution in [0.4, 0.5) is 10.1 Å². The first-order valence-corrected chi connectivity index (χ1v) is 4.47. The van der Waals surface area contributed by atoms with Crippen molar-refractivity contribution >= 4 is 22.9 Å². The van der Waals surface area contributed by atoms with Crippen molar-refractivity contribution in [3.63, 3.8) is 0 Å². The van der Waals surface area contributed by atoms with Crippen LogP contribution in [0.1, 0.15) is 0 Å². The molecule has 0 saturated heterocycles. The van der Waals surface area contributed by atoms with Crippen molar-refractivity contribution < 1.29 is 4.39 Å². The van der Waals surface area contributed by atoms with Crippen LogP contribution in [0.15, 0.2) is 36.0 Å². The van der Waals surface area contributed by atoms with Crippen molar-refractivity contribution in [2.24, 2.45) is 5.73 Å². The van der Waals surface area contributed by atoms with E-state index in [4.69, 9.17) is 11.0 Å². The fraction of sp³-hybridized carbons (Fsp3) is 0. The first-order valence-electron chi connectivity index (χ1n) is 4.06. The van der Waals surface area contributed by atoms with Gasteiger partial charge in [0, 0.05) is 6.20 Å². The highest BCUT2D eigenvalue weighted by Gasteiger charge is 2.00. The number of halogens is 1. The lowest BCUT2D eigenvalue weighted by Crippen LogP contribution is -2.11. The Kier molecular flexibility index (Phi) is 3.77. The summed E-state index contributed by atoms with van der Waals surface area (Å²) in [6, 6.07) is 7.90. The molecule has 0 amide bonds. The molecule has 0 bridgehead atoms. The highest BCUT2D eigenvalue weighted by atomic mass is 32.1. The number of hydrogen-bond donors (Lipinski definition) is 2. The number of nitrogens with one attached hydrogen (secondary N) is 1. The van der Waals surface area contributed by atoms with E-state index in [1.54, 1.807) is 24.3 Å². The molecule has 0 heterocycles. The third-order valence-corrected chi connectivity index (χ3v) is 1.85. The van der Waals surface area contributed by atoms with Gasteiger partial charge in [0.15, 0.2) is 0 Å². The van der Waals surface area contributed by atoms with Gasteiger partial charge in [-0.05, 0) is 12.1 Å². The molecule has 0 spiro atoms. The second kappa shape index (κ2) is 5.08. The normalized spacial score (nSPS) is 10.5. The molecule has 0 radical (unpaired) electrons. The van der Waals surface area contributed by atoms with Gasteiger partial charge in [-0.25, -0.2) is 4.39 Å². The molecule has 3 nitrogen and oxygen atoms in total. The molecule has 0 fully saturated rings. The summed E-state index contributed by atoms with van der Waals surface area (Å²) in [5.41, 5.74) is 5.63. The maximum Gasteiger partial charge on any atom is 0.146 e. The quantitative estimate of drug-likeness (QED) is 0.465. The number of rotatable bonds is 3. The Balaban J connectivity index is 2.85. The molecular formula is C10H8FN3S. The van der Waals surface area contributed by atoms with Crippen LogP contribution < -0.4 is 11.1 Å². The summed E-state index contributed by atoms with van der Waals surface area (Å²) < 4.78 is 13.1. The van der Waals surface area contributed by atoms with Crippen LogP contribution in [-0.4, -0.2) is 4.99 Å². The Labute approximate surface area is 92.0 Å². The van der Waals surface area contributed by atoms with Gasteiger partial charge >= 0.3 is 0 Å². The molecule has 15 heavy (non-hydrogen) atoms. The first kappa shape index (κ1) is 11.1. The number of hydrogen-bond acceptors (Lipinski definition) is 3. The smallest absolute Gasteiger partial charge is 0.146 e. The van der Waals surface area contributed by atoms with Gasteiger partial charge in [0.05, 0.1) is 5.69 Å². The number of nitriles is 1. The molecular weight excluding hydrogens is 213 g/mol. The second-order valence-corrected chi connectivity index (χ2v) is 3.10. The molecule has 5 heteroatoms. The largest absolute Gasteiger partial charge is 0.389 e. The Hall–Kier alpha value is -1.93. The van der Waals surface area contributed by atoms with E-state index >= 15 is 0 Å². The molecule has 0 aliphatic rings. The fourth-order valence-electron chi connectivity index (χ4n) is 0.887. The maximum atomic E-state index is 13.1. The van der Waals surface area contributed by atoms with E-state index in [1.807, 2.05) is 0 Å². The van der Waals surface area contributed by atoms with E-state index in [2.05, 4.69) is 17.5 Å². The summed E-state index contributed by atoms with van der Waals surface area (Å²) in [5, 5.41) is 11.2. The van der Waals surface area contributed by atoms with E-state index in [0.717, 1.165) is 0 Å². The summed E-state index contributed by atoms with van der Waals surface area (Å²) >= 11 is 4.62. The van der Waals surface area contributed by atoms with Crippen LogP contribution in [0.3, 0.4) is 0 Å². The summed E-state index contributed by atoms with van der Waals surface area (Å²) in [6.07, 6.45) is 1.28. The average Bonchev–Trinajstić information content (AvgIpc) is 2.21. The van der Waals surface area contributed by atoms with Crippen LogP contribution in [0.2, 0.25) is 0 Å². The van der Waals surface area contributed by atoms with Crippen LogP contribution in [0.25, 0.3) is 0 Å². The monoisotopic (exact) mass is 221 g/mol. The molecule has 0 aliphatic heterocycles. The van der Waals surface area contributed by atoms with E-state index in [9.17, 15) is 4.39 Å². The van der Waals surface area contributed by atoms with Crippen LogP contribution >= 0.6 is 12.2 Å². The van der Waals surface area contributed by atoms with Crippen molar-refractivity contribution in [2.45, 2.75) is 0 Å². The van der Waals surface area contributed by atoms with Gasteiger partial charge in [-0.15, -0.1) is 0 Å². The number of para-hydroxylation sites is 1. The molecule has 3 N–H and O–H groups in total. The molecule has 0 saturated carbocycles. The zero-order valence-electron chi connectivity index (χ0n) is 7.70. The minimum Gasteiger partial charge on any atom is -0.389 e. The van der Waals surface area contributed by atoms with Crippen molar-refractivity contribution in [1.82, 2.24) is 0 Å². The lowest BCUT2D eigenvalue weighted by atomic mass is 10.3. The first-order chi connectivity index (χ1) is 7.15.